The van der Waals surface area contributed by atoms with Crippen LogP contribution in [-0.2, 0) is 6.54 Å². The van der Waals surface area contributed by atoms with E-state index in [0.29, 0.717) is 28.4 Å². The summed E-state index contributed by atoms with van der Waals surface area (Å²) in [5.41, 5.74) is 4.20. The van der Waals surface area contributed by atoms with Crippen LogP contribution in [0, 0.1) is 0 Å². The van der Waals surface area contributed by atoms with E-state index in [-0.39, 0.29) is 0 Å². The maximum Gasteiger partial charge on any atom is 0.203 e. The maximum absolute atomic E-state index is 5.58. The third-order valence-electron chi connectivity index (χ3n) is 6.26. The molecular weight excluding hydrogens is 472 g/mol. The van der Waals surface area contributed by atoms with Crippen molar-refractivity contribution in [2.24, 2.45) is 0 Å². The lowest BCUT2D eigenvalue weighted by Crippen LogP contribution is -2.45. The molecule has 190 valence electrons. The van der Waals surface area contributed by atoms with Crippen molar-refractivity contribution >= 4 is 34.4 Å². The molecule has 0 aliphatic carbocycles. The molecule has 0 unspecified atom stereocenters. The summed E-state index contributed by atoms with van der Waals surface area (Å²) in [5, 5.41) is 10.8. The summed E-state index contributed by atoms with van der Waals surface area (Å²) >= 11 is 5.58. The van der Waals surface area contributed by atoms with E-state index in [9.17, 15) is 0 Å². The first-order valence-electron chi connectivity index (χ1n) is 12.1. The third-order valence-corrected chi connectivity index (χ3v) is 6.48. The molecule has 3 N–H and O–H groups in total. The highest BCUT2D eigenvalue weighted by molar-refractivity contribution is 7.80. The number of rotatable bonds is 9. The summed E-state index contributed by atoms with van der Waals surface area (Å²) in [6, 6.07) is 22.6. The standard InChI is InChI=1S/C28H34N4O3S/c1-33-25-17-20(18-26(34-2)27(25)35-3)19-32-15-13-24(14-16-32)31-28(36)30-23-11-9-22(10-12-23)29-21-7-5-4-6-8-21/h4-12,17-18,24,29H,13-16,19H2,1-3H3,(H2,30,31,36). The summed E-state index contributed by atoms with van der Waals surface area (Å²) in [6.45, 7) is 2.79. The van der Waals surface area contributed by atoms with Gasteiger partial charge in [-0.3, -0.25) is 4.90 Å². The molecule has 1 heterocycles. The van der Waals surface area contributed by atoms with Crippen molar-refractivity contribution in [3.8, 4) is 17.2 Å². The quantitative estimate of drug-likeness (QED) is 0.333. The molecule has 4 rings (SSSR count). The molecule has 0 radical (unpaired) electrons. The number of anilines is 3. The van der Waals surface area contributed by atoms with Gasteiger partial charge in [0.25, 0.3) is 0 Å². The first-order valence-corrected chi connectivity index (χ1v) is 12.5. The van der Waals surface area contributed by atoms with E-state index in [4.69, 9.17) is 26.4 Å². The smallest absolute Gasteiger partial charge is 0.203 e. The number of likely N-dealkylation sites (tertiary alicyclic amines) is 1. The van der Waals surface area contributed by atoms with Crippen LogP contribution in [0.5, 0.6) is 17.2 Å². The summed E-state index contributed by atoms with van der Waals surface area (Å²) in [4.78, 5) is 2.44. The molecule has 0 amide bonds. The molecular formula is C28H34N4O3S. The van der Waals surface area contributed by atoms with Gasteiger partial charge in [0.1, 0.15) is 0 Å². The summed E-state index contributed by atoms with van der Waals surface area (Å²) < 4.78 is 16.4. The van der Waals surface area contributed by atoms with E-state index in [0.717, 1.165) is 55.1 Å². The number of benzene rings is 3. The van der Waals surface area contributed by atoms with Crippen molar-refractivity contribution in [3.63, 3.8) is 0 Å². The number of hydrogen-bond acceptors (Lipinski definition) is 6. The van der Waals surface area contributed by atoms with Gasteiger partial charge in [-0.1, -0.05) is 18.2 Å². The summed E-state index contributed by atoms with van der Waals surface area (Å²) in [7, 11) is 4.91. The zero-order valence-corrected chi connectivity index (χ0v) is 21.9. The van der Waals surface area contributed by atoms with E-state index >= 15 is 0 Å². The number of para-hydroxylation sites is 1. The number of piperidine rings is 1. The Morgan fingerprint density at radius 3 is 2.00 bits per heavy atom. The van der Waals surface area contributed by atoms with E-state index < -0.39 is 0 Å². The molecule has 0 aromatic heterocycles. The van der Waals surface area contributed by atoms with E-state index in [1.54, 1.807) is 21.3 Å². The fourth-order valence-corrected chi connectivity index (χ4v) is 4.68. The molecule has 1 fully saturated rings. The van der Waals surface area contributed by atoms with Gasteiger partial charge in [0.2, 0.25) is 5.75 Å². The minimum absolute atomic E-state index is 0.347. The highest BCUT2D eigenvalue weighted by Gasteiger charge is 2.21. The average molecular weight is 507 g/mol. The topological polar surface area (TPSA) is 67.0 Å². The number of thiocarbonyl (C=S) groups is 1. The monoisotopic (exact) mass is 506 g/mol. The van der Waals surface area contributed by atoms with Crippen LogP contribution >= 0.6 is 12.2 Å². The Morgan fingerprint density at radius 2 is 1.42 bits per heavy atom. The molecule has 8 heteroatoms. The van der Waals surface area contributed by atoms with Crippen LogP contribution in [0.25, 0.3) is 0 Å². The van der Waals surface area contributed by atoms with Crippen LogP contribution in [0.1, 0.15) is 18.4 Å². The van der Waals surface area contributed by atoms with Gasteiger partial charge in [-0.05, 0) is 79.2 Å². The minimum Gasteiger partial charge on any atom is -0.493 e. The molecule has 7 nitrogen and oxygen atoms in total. The third kappa shape index (κ3) is 6.80. The number of nitrogens with zero attached hydrogens (tertiary/aromatic N) is 1. The number of nitrogens with one attached hydrogen (secondary N) is 3. The van der Waals surface area contributed by atoms with Crippen LogP contribution in [0.15, 0.2) is 66.7 Å². The average Bonchev–Trinajstić information content (AvgIpc) is 2.91. The first kappa shape index (κ1) is 25.6. The van der Waals surface area contributed by atoms with E-state index in [1.165, 1.54) is 0 Å². The Bertz CT molecular complexity index is 1110. The lowest BCUT2D eigenvalue weighted by atomic mass is 10.0. The second-order valence-electron chi connectivity index (χ2n) is 8.75. The largest absolute Gasteiger partial charge is 0.493 e. The predicted molar refractivity (Wildman–Crippen MR) is 150 cm³/mol. The lowest BCUT2D eigenvalue weighted by Gasteiger charge is -2.33. The van der Waals surface area contributed by atoms with Crippen molar-refractivity contribution < 1.29 is 14.2 Å². The van der Waals surface area contributed by atoms with Gasteiger partial charge >= 0.3 is 0 Å². The van der Waals surface area contributed by atoms with Crippen LogP contribution < -0.4 is 30.2 Å². The molecule has 3 aromatic carbocycles. The normalized spacial score (nSPS) is 14.1. The molecule has 0 spiro atoms. The van der Waals surface area contributed by atoms with Crippen LogP contribution in [0.2, 0.25) is 0 Å². The van der Waals surface area contributed by atoms with Crippen LogP contribution in [-0.4, -0.2) is 50.5 Å². The number of ether oxygens (including phenoxy) is 3. The SMILES string of the molecule is COc1cc(CN2CCC(NC(=S)Nc3ccc(Nc4ccccc4)cc3)CC2)cc(OC)c1OC. The number of methoxy groups -OCH3 is 3. The predicted octanol–water partition coefficient (Wildman–Crippen LogP) is 5.41. The Kier molecular flexibility index (Phi) is 8.86. The van der Waals surface area contributed by atoms with Crippen molar-refractivity contribution in [3.05, 3.63) is 72.3 Å². The summed E-state index contributed by atoms with van der Waals surface area (Å²) in [5.74, 6) is 1.99. The molecule has 0 atom stereocenters. The molecule has 1 aliphatic heterocycles. The molecule has 36 heavy (non-hydrogen) atoms. The maximum atomic E-state index is 5.58. The van der Waals surface area contributed by atoms with Crippen LogP contribution in [0.4, 0.5) is 17.1 Å². The highest BCUT2D eigenvalue weighted by Crippen LogP contribution is 2.38. The molecule has 0 saturated carbocycles. The van der Waals surface area contributed by atoms with Gasteiger partial charge in [0.15, 0.2) is 16.6 Å². The lowest BCUT2D eigenvalue weighted by molar-refractivity contribution is 0.198. The second-order valence-corrected chi connectivity index (χ2v) is 9.16. The van der Waals surface area contributed by atoms with E-state index in [2.05, 4.69) is 20.9 Å². The molecule has 3 aromatic rings. The zero-order chi connectivity index (χ0) is 25.3. The Labute approximate surface area is 218 Å². The van der Waals surface area contributed by atoms with Gasteiger partial charge in [-0.25, -0.2) is 0 Å². The Morgan fingerprint density at radius 1 is 0.833 bits per heavy atom. The van der Waals surface area contributed by atoms with Crippen molar-refractivity contribution in [1.82, 2.24) is 10.2 Å². The number of hydrogen-bond donors (Lipinski definition) is 3. The molecule has 1 saturated heterocycles. The van der Waals surface area contributed by atoms with Gasteiger partial charge in [-0.2, -0.15) is 0 Å². The zero-order valence-electron chi connectivity index (χ0n) is 21.0. The molecule has 0 bridgehead atoms. The first-order chi connectivity index (χ1) is 17.6. The fraction of sp³-hybridized carbons (Fsp3) is 0.321. The Balaban J connectivity index is 1.23. The molecule has 1 aliphatic rings. The van der Waals surface area contributed by atoms with Gasteiger partial charge in [-0.15, -0.1) is 0 Å². The van der Waals surface area contributed by atoms with Crippen molar-refractivity contribution in [1.29, 1.82) is 0 Å². The van der Waals surface area contributed by atoms with Crippen molar-refractivity contribution in [2.45, 2.75) is 25.4 Å². The Hall–Kier alpha value is -3.49. The second kappa shape index (κ2) is 12.5. The minimum atomic E-state index is 0.347. The van der Waals surface area contributed by atoms with Gasteiger partial charge in [0, 0.05) is 42.7 Å². The summed E-state index contributed by atoms with van der Waals surface area (Å²) in [6.07, 6.45) is 2.04. The highest BCUT2D eigenvalue weighted by atomic mass is 32.1. The van der Waals surface area contributed by atoms with Gasteiger partial charge < -0.3 is 30.2 Å². The fourth-order valence-electron chi connectivity index (χ4n) is 4.40. The van der Waals surface area contributed by atoms with E-state index in [1.807, 2.05) is 66.7 Å². The van der Waals surface area contributed by atoms with Crippen LogP contribution in [0.3, 0.4) is 0 Å². The van der Waals surface area contributed by atoms with Crippen molar-refractivity contribution in [2.75, 3.05) is 45.1 Å². The van der Waals surface area contributed by atoms with Gasteiger partial charge in [0.05, 0.1) is 21.3 Å².